The highest BCUT2D eigenvalue weighted by Crippen LogP contribution is 2.10. The third-order valence-corrected chi connectivity index (χ3v) is 5.13. The fourth-order valence-corrected chi connectivity index (χ4v) is 3.62. The molecule has 0 spiro atoms. The Morgan fingerprint density at radius 1 is 0.677 bits per heavy atom. The fraction of sp³-hybridized carbons (Fsp3) is 0.500. The molecule has 3 rings (SSSR count). The Morgan fingerprint density at radius 3 is 1.35 bits per heavy atom. The molecule has 0 bridgehead atoms. The van der Waals surface area contributed by atoms with Gasteiger partial charge in [-0.2, -0.15) is 15.3 Å². The summed E-state index contributed by atoms with van der Waals surface area (Å²) >= 11 is 0. The van der Waals surface area contributed by atoms with Crippen molar-refractivity contribution in [2.24, 2.45) is 0 Å². The molecule has 0 amide bonds. The molecule has 0 saturated heterocycles. The van der Waals surface area contributed by atoms with E-state index in [9.17, 15) is 5.11 Å². The van der Waals surface area contributed by atoms with Gasteiger partial charge in [-0.25, -0.2) is 14.0 Å². The zero-order valence-electron chi connectivity index (χ0n) is 19.4. The van der Waals surface area contributed by atoms with E-state index in [4.69, 9.17) is 0 Å². The van der Waals surface area contributed by atoms with Gasteiger partial charge in [-0.1, -0.05) is 0 Å². The van der Waals surface area contributed by atoms with Gasteiger partial charge in [0.05, 0.1) is 23.7 Å². The van der Waals surface area contributed by atoms with Crippen LogP contribution in [0.25, 0.3) is 0 Å². The molecule has 0 unspecified atom stereocenters. The van der Waals surface area contributed by atoms with Crippen LogP contribution in [0.15, 0.2) is 30.6 Å². The first-order chi connectivity index (χ1) is 14.7. The number of aryl methyl sites for hydroxylation is 6. The average molecular weight is 427 g/mol. The summed E-state index contributed by atoms with van der Waals surface area (Å²) < 4.78 is 5.92. The molecule has 3 aromatic heterocycles. The second-order valence-electron chi connectivity index (χ2n) is 8.13. The first-order valence-corrected chi connectivity index (χ1v) is 10.6. The van der Waals surface area contributed by atoms with Crippen LogP contribution in [-0.2, 0) is 20.0 Å². The van der Waals surface area contributed by atoms with Crippen LogP contribution >= 0.6 is 0 Å². The van der Waals surface area contributed by atoms with Gasteiger partial charge in [-0.3, -0.25) is 0 Å². The lowest BCUT2D eigenvalue weighted by Crippen LogP contribution is -2.29. The number of hydrogen-bond donors (Lipinski definition) is 1. The zero-order chi connectivity index (χ0) is 22.5. The van der Waals surface area contributed by atoms with Crippen LogP contribution in [0.4, 0.5) is 0 Å². The number of aliphatic hydroxyl groups excluding tert-OH is 1. The maximum absolute atomic E-state index is 9.56. The van der Waals surface area contributed by atoms with Crippen LogP contribution in [0, 0.1) is 41.5 Å². The van der Waals surface area contributed by atoms with E-state index in [0.29, 0.717) is 26.6 Å². The first-order valence-electron chi connectivity index (χ1n) is 10.6. The molecule has 9 heteroatoms. The van der Waals surface area contributed by atoms with Crippen molar-refractivity contribution in [3.05, 3.63) is 64.8 Å². The Kier molecular flexibility index (Phi) is 7.17. The Hall–Kier alpha value is -3.07. The van der Waals surface area contributed by atoms with Gasteiger partial charge in [-0.05, 0) is 59.7 Å². The number of rotatable bonds is 10. The average Bonchev–Trinajstić information content (AvgIpc) is 3.29. The smallest absolute Gasteiger partial charge is 0.113 e. The molecule has 31 heavy (non-hydrogen) atoms. The van der Waals surface area contributed by atoms with Crippen LogP contribution < -0.4 is 0 Å². The predicted molar refractivity (Wildman–Crippen MR) is 120 cm³/mol. The summed E-state index contributed by atoms with van der Waals surface area (Å²) in [5.74, 6) is 0. The molecular weight excluding hydrogens is 392 g/mol. The number of hydrogen-bond acceptors (Lipinski definition) is 6. The third kappa shape index (κ3) is 5.97. The number of nitrogens with zero attached hydrogens (tertiary/aromatic N) is 8. The Balaban J connectivity index is 1.81. The van der Waals surface area contributed by atoms with E-state index in [1.165, 1.54) is 0 Å². The molecule has 0 atom stereocenters. The van der Waals surface area contributed by atoms with Crippen molar-refractivity contribution in [2.75, 3.05) is 13.2 Å². The normalized spacial score (nSPS) is 11.6. The largest absolute Gasteiger partial charge is 0.395 e. The third-order valence-electron chi connectivity index (χ3n) is 5.13. The molecule has 9 nitrogen and oxygen atoms in total. The second kappa shape index (κ2) is 9.82. The minimum Gasteiger partial charge on any atom is -0.395 e. The van der Waals surface area contributed by atoms with Crippen molar-refractivity contribution in [3.63, 3.8) is 0 Å². The van der Waals surface area contributed by atoms with Gasteiger partial charge >= 0.3 is 0 Å². The summed E-state index contributed by atoms with van der Waals surface area (Å²) in [6.45, 7) is 14.5. The maximum Gasteiger partial charge on any atom is 0.113 e. The van der Waals surface area contributed by atoms with E-state index in [0.717, 1.165) is 34.2 Å². The Labute approximate surface area is 184 Å². The van der Waals surface area contributed by atoms with E-state index in [1.807, 2.05) is 54.1 Å². The van der Waals surface area contributed by atoms with Crippen LogP contribution in [-0.4, -0.2) is 57.4 Å². The van der Waals surface area contributed by atoms with E-state index in [-0.39, 0.29) is 6.61 Å². The Bertz CT molecular complexity index is 980. The summed E-state index contributed by atoms with van der Waals surface area (Å²) in [4.78, 5) is 4.21. The van der Waals surface area contributed by atoms with Gasteiger partial charge in [0, 0.05) is 36.0 Å². The lowest BCUT2D eigenvalue weighted by atomic mass is 10.4. The minimum absolute atomic E-state index is 0.0680. The van der Waals surface area contributed by atoms with E-state index < -0.39 is 0 Å². The zero-order valence-corrected chi connectivity index (χ0v) is 19.4. The lowest BCUT2D eigenvalue weighted by Gasteiger charge is -2.25. The van der Waals surface area contributed by atoms with Gasteiger partial charge in [-0.15, -0.1) is 0 Å². The highest BCUT2D eigenvalue weighted by molar-refractivity contribution is 5.08. The summed E-state index contributed by atoms with van der Waals surface area (Å²) in [6, 6.07) is 6.21. The first kappa shape index (κ1) is 22.6. The standard InChI is InChI=1S/C22H34N8O/c1-17-11-20(4)28(23-17)14-26(9-10-31)7-8-27(15-29-21(5)12-18(2)24-29)16-30-22(6)13-19(3)25-30/h7-8,11-13,31H,9-10,14-16H2,1-6H3. The summed E-state index contributed by atoms with van der Waals surface area (Å²) in [5, 5.41) is 23.3. The van der Waals surface area contributed by atoms with Crippen molar-refractivity contribution < 1.29 is 5.11 Å². The Morgan fingerprint density at radius 2 is 1.03 bits per heavy atom. The molecule has 3 heterocycles. The number of aromatic nitrogens is 6. The molecule has 3 aromatic rings. The molecule has 0 aliphatic rings. The number of aliphatic hydroxyl groups is 1. The van der Waals surface area contributed by atoms with Crippen molar-refractivity contribution in [1.29, 1.82) is 0 Å². The molecule has 0 radical (unpaired) electrons. The quantitative estimate of drug-likeness (QED) is 0.536. The fourth-order valence-electron chi connectivity index (χ4n) is 3.62. The van der Waals surface area contributed by atoms with Crippen LogP contribution in [0.1, 0.15) is 34.2 Å². The van der Waals surface area contributed by atoms with Gasteiger partial charge in [0.1, 0.15) is 20.0 Å². The van der Waals surface area contributed by atoms with E-state index >= 15 is 0 Å². The van der Waals surface area contributed by atoms with Crippen molar-refractivity contribution in [3.8, 4) is 0 Å². The van der Waals surface area contributed by atoms with Crippen molar-refractivity contribution in [2.45, 2.75) is 61.5 Å². The van der Waals surface area contributed by atoms with Crippen molar-refractivity contribution in [1.82, 2.24) is 39.1 Å². The minimum atomic E-state index is 0.0680. The summed E-state index contributed by atoms with van der Waals surface area (Å²) in [6.07, 6.45) is 4.04. The highest BCUT2D eigenvalue weighted by atomic mass is 16.3. The van der Waals surface area contributed by atoms with Gasteiger partial charge in [0.15, 0.2) is 0 Å². The highest BCUT2D eigenvalue weighted by Gasteiger charge is 2.10. The molecule has 0 fully saturated rings. The van der Waals surface area contributed by atoms with Crippen LogP contribution in [0.2, 0.25) is 0 Å². The summed E-state index contributed by atoms with van der Waals surface area (Å²) in [5.41, 5.74) is 6.30. The molecule has 1 N–H and O–H groups in total. The monoisotopic (exact) mass is 426 g/mol. The SMILES string of the molecule is Cc1cc(C)n(CN(C=CN(Cn2nc(C)cc2C)Cn2nc(C)cc2C)CCO)n1. The maximum atomic E-state index is 9.56. The van der Waals surface area contributed by atoms with Crippen LogP contribution in [0.3, 0.4) is 0 Å². The van der Waals surface area contributed by atoms with Gasteiger partial charge < -0.3 is 14.9 Å². The topological polar surface area (TPSA) is 80.2 Å². The van der Waals surface area contributed by atoms with E-state index in [1.54, 1.807) is 0 Å². The van der Waals surface area contributed by atoms with E-state index in [2.05, 4.69) is 57.1 Å². The molecule has 0 aromatic carbocycles. The molecular formula is C22H34N8O. The molecule has 0 aliphatic carbocycles. The molecule has 0 saturated carbocycles. The lowest BCUT2D eigenvalue weighted by molar-refractivity contribution is 0.190. The molecule has 168 valence electrons. The van der Waals surface area contributed by atoms with Gasteiger partial charge in [0.2, 0.25) is 0 Å². The summed E-state index contributed by atoms with van der Waals surface area (Å²) in [7, 11) is 0. The van der Waals surface area contributed by atoms with Crippen LogP contribution in [0.5, 0.6) is 0 Å². The predicted octanol–water partition coefficient (Wildman–Crippen LogP) is 2.47. The molecule has 0 aliphatic heterocycles. The second-order valence-corrected chi connectivity index (χ2v) is 8.13. The van der Waals surface area contributed by atoms with Gasteiger partial charge in [0.25, 0.3) is 0 Å². The van der Waals surface area contributed by atoms with Crippen molar-refractivity contribution >= 4 is 0 Å².